The van der Waals surface area contributed by atoms with Crippen molar-refractivity contribution in [2.45, 2.75) is 32.6 Å². The Labute approximate surface area is 117 Å². The normalized spacial score (nSPS) is 23.9. The first-order valence-electron chi connectivity index (χ1n) is 6.67. The molecule has 0 aromatic carbocycles. The summed E-state index contributed by atoms with van der Waals surface area (Å²) in [6.45, 7) is 2.40. The van der Waals surface area contributed by atoms with Crippen LogP contribution in [0.5, 0.6) is 0 Å². The van der Waals surface area contributed by atoms with E-state index in [2.05, 4.69) is 5.32 Å². The Morgan fingerprint density at radius 3 is 2.53 bits per heavy atom. The summed E-state index contributed by atoms with van der Waals surface area (Å²) in [5.74, 6) is 0.440. The van der Waals surface area contributed by atoms with Gasteiger partial charge in [-0.25, -0.2) is 4.79 Å². The lowest BCUT2D eigenvalue weighted by atomic mass is 9.82. The van der Waals surface area contributed by atoms with Crippen LogP contribution in [0, 0.1) is 11.3 Å². The second-order valence-electron chi connectivity index (χ2n) is 5.52. The number of hydrogen-bond donors (Lipinski definition) is 1. The van der Waals surface area contributed by atoms with Crippen LogP contribution < -0.4 is 5.32 Å². The van der Waals surface area contributed by atoms with Gasteiger partial charge < -0.3 is 0 Å². The maximum atomic E-state index is 12.5. The van der Waals surface area contributed by atoms with Crippen LogP contribution in [0.2, 0.25) is 0 Å². The summed E-state index contributed by atoms with van der Waals surface area (Å²) in [5.41, 5.74) is -0.965. The van der Waals surface area contributed by atoms with Gasteiger partial charge in [-0.2, -0.15) is 11.8 Å². The zero-order chi connectivity index (χ0) is 14.0. The van der Waals surface area contributed by atoms with Gasteiger partial charge in [-0.3, -0.25) is 19.8 Å². The van der Waals surface area contributed by atoms with E-state index >= 15 is 0 Å². The average molecular weight is 284 g/mol. The van der Waals surface area contributed by atoms with Crippen LogP contribution in [0.4, 0.5) is 4.79 Å². The van der Waals surface area contributed by atoms with Gasteiger partial charge in [0.05, 0.1) is 0 Å². The van der Waals surface area contributed by atoms with Gasteiger partial charge in [-0.05, 0) is 30.8 Å². The van der Waals surface area contributed by atoms with Gasteiger partial charge in [0.15, 0.2) is 0 Å². The molecule has 2 fully saturated rings. The number of imide groups is 2. The minimum absolute atomic E-state index is 0.233. The number of carbonyl (C=O) groups is 3. The number of carbonyl (C=O) groups excluding carboxylic acids is 3. The number of barbiturate groups is 1. The number of nitrogens with zero attached hydrogens (tertiary/aromatic N) is 1. The molecular formula is C13H20N2O3S. The third-order valence-corrected chi connectivity index (χ3v) is 4.86. The molecule has 6 heteroatoms. The highest BCUT2D eigenvalue weighted by Gasteiger charge is 2.54. The molecule has 1 saturated heterocycles. The minimum Gasteiger partial charge on any atom is -0.277 e. The van der Waals surface area contributed by atoms with E-state index in [0.717, 1.165) is 18.6 Å². The zero-order valence-corrected chi connectivity index (χ0v) is 12.2. The molecule has 0 aromatic rings. The van der Waals surface area contributed by atoms with Crippen molar-refractivity contribution in [1.82, 2.24) is 10.2 Å². The first kappa shape index (κ1) is 14.4. The van der Waals surface area contributed by atoms with Crippen LogP contribution in [-0.4, -0.2) is 41.3 Å². The topological polar surface area (TPSA) is 66.5 Å². The summed E-state index contributed by atoms with van der Waals surface area (Å²) in [6, 6.07) is -0.555. The highest BCUT2D eigenvalue weighted by Crippen LogP contribution is 2.41. The Kier molecular flexibility index (Phi) is 4.18. The van der Waals surface area contributed by atoms with Crippen molar-refractivity contribution in [3.05, 3.63) is 0 Å². The highest BCUT2D eigenvalue weighted by molar-refractivity contribution is 7.98. The molecule has 0 bridgehead atoms. The van der Waals surface area contributed by atoms with Crippen molar-refractivity contribution >= 4 is 29.6 Å². The van der Waals surface area contributed by atoms with Gasteiger partial charge in [-0.1, -0.05) is 19.8 Å². The van der Waals surface area contributed by atoms with E-state index in [4.69, 9.17) is 0 Å². The molecule has 1 saturated carbocycles. The lowest BCUT2D eigenvalue weighted by molar-refractivity contribution is -0.151. The van der Waals surface area contributed by atoms with Crippen molar-refractivity contribution in [3.63, 3.8) is 0 Å². The molecule has 0 radical (unpaired) electrons. The maximum absolute atomic E-state index is 12.5. The molecule has 1 aliphatic carbocycles. The van der Waals surface area contributed by atoms with Crippen LogP contribution in [0.15, 0.2) is 0 Å². The largest absolute Gasteiger partial charge is 0.330 e. The van der Waals surface area contributed by atoms with Crippen LogP contribution >= 0.6 is 11.8 Å². The van der Waals surface area contributed by atoms with Gasteiger partial charge in [0, 0.05) is 6.54 Å². The van der Waals surface area contributed by atoms with E-state index < -0.39 is 17.4 Å². The zero-order valence-electron chi connectivity index (χ0n) is 11.4. The molecule has 5 nitrogen and oxygen atoms in total. The Bertz CT molecular complexity index is 405. The standard InChI is InChI=1S/C13H20N2O3S/c1-9(8-19-2)7-15-11(17)13(5-3-4-6-13)10(16)14-12(15)18/h9H,3-8H2,1-2H3,(H,14,16,18). The molecule has 0 aromatic heterocycles. The van der Waals surface area contributed by atoms with Gasteiger partial charge in [0.2, 0.25) is 11.8 Å². The third-order valence-electron chi connectivity index (χ3n) is 3.96. The van der Waals surface area contributed by atoms with E-state index in [-0.39, 0.29) is 11.8 Å². The number of nitrogens with one attached hydrogen (secondary N) is 1. The molecule has 1 heterocycles. The molecule has 4 amide bonds. The SMILES string of the molecule is CSCC(C)CN1C(=O)NC(=O)C2(CCCC2)C1=O. The number of hydrogen-bond acceptors (Lipinski definition) is 4. The van der Waals surface area contributed by atoms with E-state index in [1.807, 2.05) is 13.2 Å². The van der Waals surface area contributed by atoms with Gasteiger partial charge >= 0.3 is 6.03 Å². The van der Waals surface area contributed by atoms with Crippen LogP contribution in [-0.2, 0) is 9.59 Å². The first-order valence-corrected chi connectivity index (χ1v) is 8.07. The molecule has 19 heavy (non-hydrogen) atoms. The van der Waals surface area contributed by atoms with Crippen molar-refractivity contribution in [1.29, 1.82) is 0 Å². The van der Waals surface area contributed by atoms with E-state index in [1.165, 1.54) is 4.90 Å². The maximum Gasteiger partial charge on any atom is 0.330 e. The van der Waals surface area contributed by atoms with Crippen molar-refractivity contribution in [3.8, 4) is 0 Å². The van der Waals surface area contributed by atoms with E-state index in [9.17, 15) is 14.4 Å². The number of thioether (sulfide) groups is 1. The first-order chi connectivity index (χ1) is 9.01. The second-order valence-corrected chi connectivity index (χ2v) is 6.44. The Morgan fingerprint density at radius 2 is 1.95 bits per heavy atom. The van der Waals surface area contributed by atoms with E-state index in [1.54, 1.807) is 11.8 Å². The summed E-state index contributed by atoms with van der Waals surface area (Å²) in [4.78, 5) is 37.7. The number of rotatable bonds is 4. The quantitative estimate of drug-likeness (QED) is 0.797. The van der Waals surface area contributed by atoms with E-state index in [0.29, 0.717) is 19.4 Å². The minimum atomic E-state index is -0.965. The Hall–Kier alpha value is -1.04. The number of urea groups is 1. The monoisotopic (exact) mass is 284 g/mol. The summed E-state index contributed by atoms with van der Waals surface area (Å²) in [7, 11) is 0. The summed E-state index contributed by atoms with van der Waals surface area (Å²) in [5, 5.41) is 2.36. The Morgan fingerprint density at radius 1 is 1.32 bits per heavy atom. The fourth-order valence-corrected chi connectivity index (χ4v) is 3.64. The van der Waals surface area contributed by atoms with Crippen molar-refractivity contribution < 1.29 is 14.4 Å². The summed E-state index contributed by atoms with van der Waals surface area (Å²) in [6.07, 6.45) is 4.89. The molecular weight excluding hydrogens is 264 g/mol. The van der Waals surface area contributed by atoms with Gasteiger partial charge in [0.1, 0.15) is 5.41 Å². The molecule has 1 atom stereocenters. The predicted molar refractivity (Wildman–Crippen MR) is 73.7 cm³/mol. The van der Waals surface area contributed by atoms with Gasteiger partial charge in [0.25, 0.3) is 0 Å². The van der Waals surface area contributed by atoms with Crippen molar-refractivity contribution in [2.24, 2.45) is 11.3 Å². The molecule has 1 unspecified atom stereocenters. The molecule has 1 aliphatic heterocycles. The van der Waals surface area contributed by atoms with Crippen LogP contribution in [0.1, 0.15) is 32.6 Å². The van der Waals surface area contributed by atoms with Crippen LogP contribution in [0.3, 0.4) is 0 Å². The summed E-state index contributed by atoms with van der Waals surface area (Å²) >= 11 is 1.69. The molecule has 2 rings (SSSR count). The molecule has 1 N–H and O–H groups in total. The lowest BCUT2D eigenvalue weighted by Crippen LogP contribution is -2.63. The van der Waals surface area contributed by atoms with Crippen LogP contribution in [0.25, 0.3) is 0 Å². The second kappa shape index (κ2) is 5.53. The highest BCUT2D eigenvalue weighted by atomic mass is 32.2. The fourth-order valence-electron chi connectivity index (χ4n) is 2.97. The molecule has 1 spiro atoms. The Balaban J connectivity index is 2.16. The lowest BCUT2D eigenvalue weighted by Gasteiger charge is -2.37. The average Bonchev–Trinajstić information content (AvgIpc) is 2.84. The fraction of sp³-hybridized carbons (Fsp3) is 0.769. The van der Waals surface area contributed by atoms with Crippen molar-refractivity contribution in [2.75, 3.05) is 18.6 Å². The summed E-state index contributed by atoms with van der Waals surface area (Å²) < 4.78 is 0. The predicted octanol–water partition coefficient (Wildman–Crippen LogP) is 1.62. The van der Waals surface area contributed by atoms with Gasteiger partial charge in [-0.15, -0.1) is 0 Å². The smallest absolute Gasteiger partial charge is 0.277 e. The molecule has 2 aliphatic rings. The third kappa shape index (κ3) is 2.50. The number of amides is 4. The molecule has 106 valence electrons.